The molecular formula is C18H22N2O3. The number of fused-ring (bicyclic) bond motifs is 1. The standard InChI is InChI=1S/C18H22N2O3/c1-4-13(5-2)20-17(21)11-23-18(22)15-10-12(3)19-16-9-7-6-8-14(15)16/h6-10,13H,4-5,11H2,1-3H3,(H,20,21). The van der Waals surface area contributed by atoms with Gasteiger partial charge >= 0.3 is 5.97 Å². The Labute approximate surface area is 136 Å². The highest BCUT2D eigenvalue weighted by Gasteiger charge is 2.15. The average molecular weight is 314 g/mol. The van der Waals surface area contributed by atoms with Crippen molar-refractivity contribution in [3.63, 3.8) is 0 Å². The van der Waals surface area contributed by atoms with Gasteiger partial charge in [0.05, 0.1) is 11.1 Å². The van der Waals surface area contributed by atoms with Gasteiger partial charge in [-0.3, -0.25) is 9.78 Å². The molecule has 0 atom stereocenters. The zero-order valence-corrected chi connectivity index (χ0v) is 13.8. The first-order valence-corrected chi connectivity index (χ1v) is 7.88. The smallest absolute Gasteiger partial charge is 0.339 e. The second-order valence-corrected chi connectivity index (χ2v) is 5.49. The number of esters is 1. The molecule has 1 heterocycles. The second kappa shape index (κ2) is 7.72. The molecule has 0 fully saturated rings. The molecule has 23 heavy (non-hydrogen) atoms. The number of amides is 1. The molecule has 0 aliphatic heterocycles. The van der Waals surface area contributed by atoms with E-state index in [0.717, 1.165) is 29.4 Å². The summed E-state index contributed by atoms with van der Waals surface area (Å²) in [5, 5.41) is 3.57. The first kappa shape index (κ1) is 16.9. The Balaban J connectivity index is 2.08. The van der Waals surface area contributed by atoms with Crippen LogP contribution in [0.25, 0.3) is 10.9 Å². The van der Waals surface area contributed by atoms with Gasteiger partial charge in [0.25, 0.3) is 5.91 Å². The zero-order valence-electron chi connectivity index (χ0n) is 13.8. The predicted octanol–water partition coefficient (Wildman–Crippen LogP) is 3.00. The van der Waals surface area contributed by atoms with Crippen molar-refractivity contribution >= 4 is 22.8 Å². The van der Waals surface area contributed by atoms with Gasteiger partial charge in [-0.15, -0.1) is 0 Å². The number of rotatable bonds is 6. The molecule has 0 aliphatic rings. The fraction of sp³-hybridized carbons (Fsp3) is 0.389. The molecule has 1 amide bonds. The molecule has 0 radical (unpaired) electrons. The summed E-state index contributed by atoms with van der Waals surface area (Å²) in [6.07, 6.45) is 1.70. The summed E-state index contributed by atoms with van der Waals surface area (Å²) in [5.74, 6) is -0.784. The molecule has 1 aromatic heterocycles. The summed E-state index contributed by atoms with van der Waals surface area (Å²) in [5.41, 5.74) is 1.90. The van der Waals surface area contributed by atoms with Crippen LogP contribution in [0.5, 0.6) is 0 Å². The molecule has 1 aromatic carbocycles. The van der Waals surface area contributed by atoms with E-state index in [1.807, 2.05) is 45.0 Å². The van der Waals surface area contributed by atoms with E-state index in [1.165, 1.54) is 0 Å². The molecule has 0 saturated heterocycles. The third kappa shape index (κ3) is 4.28. The molecule has 2 aromatic rings. The van der Waals surface area contributed by atoms with E-state index in [-0.39, 0.29) is 18.6 Å². The van der Waals surface area contributed by atoms with Crippen molar-refractivity contribution in [1.82, 2.24) is 10.3 Å². The van der Waals surface area contributed by atoms with E-state index in [4.69, 9.17) is 4.74 Å². The van der Waals surface area contributed by atoms with Gasteiger partial charge in [-0.05, 0) is 31.9 Å². The third-order valence-corrected chi connectivity index (χ3v) is 3.75. The molecule has 2 rings (SSSR count). The number of carbonyl (C=O) groups excluding carboxylic acids is 2. The number of nitrogens with one attached hydrogen (secondary N) is 1. The van der Waals surface area contributed by atoms with E-state index in [9.17, 15) is 9.59 Å². The van der Waals surface area contributed by atoms with Crippen LogP contribution in [-0.4, -0.2) is 29.5 Å². The van der Waals surface area contributed by atoms with Crippen LogP contribution in [-0.2, 0) is 9.53 Å². The molecule has 0 spiro atoms. The molecular weight excluding hydrogens is 292 g/mol. The van der Waals surface area contributed by atoms with Crippen molar-refractivity contribution in [2.45, 2.75) is 39.7 Å². The van der Waals surface area contributed by atoms with Gasteiger partial charge in [-0.2, -0.15) is 0 Å². The Bertz CT molecular complexity index is 708. The predicted molar refractivity (Wildman–Crippen MR) is 89.3 cm³/mol. The number of ether oxygens (including phenoxy) is 1. The summed E-state index contributed by atoms with van der Waals surface area (Å²) < 4.78 is 5.16. The zero-order chi connectivity index (χ0) is 16.8. The van der Waals surface area contributed by atoms with Gasteiger partial charge in [-0.1, -0.05) is 32.0 Å². The lowest BCUT2D eigenvalue weighted by Crippen LogP contribution is -2.36. The summed E-state index contributed by atoms with van der Waals surface area (Å²) in [4.78, 5) is 28.5. The Morgan fingerprint density at radius 3 is 2.61 bits per heavy atom. The monoisotopic (exact) mass is 314 g/mol. The van der Waals surface area contributed by atoms with E-state index < -0.39 is 5.97 Å². The fourth-order valence-electron chi connectivity index (χ4n) is 2.45. The highest BCUT2D eigenvalue weighted by Crippen LogP contribution is 2.19. The van der Waals surface area contributed by atoms with Gasteiger partial charge in [0, 0.05) is 17.1 Å². The SMILES string of the molecule is CCC(CC)NC(=O)COC(=O)c1cc(C)nc2ccccc12. The van der Waals surface area contributed by atoms with E-state index in [1.54, 1.807) is 6.07 Å². The van der Waals surface area contributed by atoms with Crippen LogP contribution < -0.4 is 5.32 Å². The average Bonchev–Trinajstić information content (AvgIpc) is 2.56. The Hall–Kier alpha value is -2.43. The lowest BCUT2D eigenvalue weighted by Gasteiger charge is -2.14. The topological polar surface area (TPSA) is 68.3 Å². The largest absolute Gasteiger partial charge is 0.452 e. The number of aryl methyl sites for hydroxylation is 1. The summed E-state index contributed by atoms with van der Waals surface area (Å²) in [6, 6.07) is 9.18. The lowest BCUT2D eigenvalue weighted by atomic mass is 10.1. The van der Waals surface area contributed by atoms with Crippen LogP contribution in [0.3, 0.4) is 0 Å². The van der Waals surface area contributed by atoms with Crippen LogP contribution in [0, 0.1) is 6.92 Å². The molecule has 0 saturated carbocycles. The number of carbonyl (C=O) groups is 2. The highest BCUT2D eigenvalue weighted by molar-refractivity contribution is 6.04. The normalized spacial score (nSPS) is 10.8. The number of hydrogen-bond donors (Lipinski definition) is 1. The number of pyridine rings is 1. The Morgan fingerprint density at radius 2 is 1.91 bits per heavy atom. The minimum absolute atomic E-state index is 0.116. The second-order valence-electron chi connectivity index (χ2n) is 5.49. The van der Waals surface area contributed by atoms with Crippen molar-refractivity contribution in [2.75, 3.05) is 6.61 Å². The minimum atomic E-state index is -0.508. The van der Waals surface area contributed by atoms with Gasteiger partial charge < -0.3 is 10.1 Å². The molecule has 122 valence electrons. The van der Waals surface area contributed by atoms with Crippen molar-refractivity contribution in [3.05, 3.63) is 41.6 Å². The van der Waals surface area contributed by atoms with Gasteiger partial charge in [0.1, 0.15) is 0 Å². The molecule has 0 bridgehead atoms. The number of benzene rings is 1. The maximum absolute atomic E-state index is 12.3. The highest BCUT2D eigenvalue weighted by atomic mass is 16.5. The van der Waals surface area contributed by atoms with Crippen LogP contribution >= 0.6 is 0 Å². The van der Waals surface area contributed by atoms with Crippen LogP contribution in [0.4, 0.5) is 0 Å². The van der Waals surface area contributed by atoms with Crippen molar-refractivity contribution in [2.24, 2.45) is 0 Å². The van der Waals surface area contributed by atoms with Crippen LogP contribution in [0.15, 0.2) is 30.3 Å². The minimum Gasteiger partial charge on any atom is -0.452 e. The van der Waals surface area contributed by atoms with Gasteiger partial charge in [0.15, 0.2) is 6.61 Å². The van der Waals surface area contributed by atoms with E-state index >= 15 is 0 Å². The first-order chi connectivity index (χ1) is 11.0. The summed E-state index contributed by atoms with van der Waals surface area (Å²) in [6.45, 7) is 5.56. The van der Waals surface area contributed by atoms with Crippen molar-refractivity contribution < 1.29 is 14.3 Å². The van der Waals surface area contributed by atoms with Crippen LogP contribution in [0.1, 0.15) is 42.7 Å². The van der Waals surface area contributed by atoms with E-state index in [2.05, 4.69) is 10.3 Å². The molecule has 0 aliphatic carbocycles. The first-order valence-electron chi connectivity index (χ1n) is 7.88. The Morgan fingerprint density at radius 1 is 1.22 bits per heavy atom. The molecule has 1 N–H and O–H groups in total. The molecule has 5 nitrogen and oxygen atoms in total. The maximum atomic E-state index is 12.3. The van der Waals surface area contributed by atoms with Gasteiger partial charge in [-0.25, -0.2) is 4.79 Å². The van der Waals surface area contributed by atoms with Crippen LogP contribution in [0.2, 0.25) is 0 Å². The number of nitrogens with zero attached hydrogens (tertiary/aromatic N) is 1. The van der Waals surface area contributed by atoms with Gasteiger partial charge in [0.2, 0.25) is 0 Å². The number of aromatic nitrogens is 1. The van der Waals surface area contributed by atoms with E-state index in [0.29, 0.717) is 5.56 Å². The lowest BCUT2D eigenvalue weighted by molar-refractivity contribution is -0.125. The Kier molecular flexibility index (Phi) is 5.68. The summed E-state index contributed by atoms with van der Waals surface area (Å²) in [7, 11) is 0. The summed E-state index contributed by atoms with van der Waals surface area (Å²) >= 11 is 0. The third-order valence-electron chi connectivity index (χ3n) is 3.75. The molecule has 0 unspecified atom stereocenters. The number of hydrogen-bond acceptors (Lipinski definition) is 4. The number of para-hydroxylation sites is 1. The van der Waals surface area contributed by atoms with Crippen molar-refractivity contribution in [1.29, 1.82) is 0 Å². The maximum Gasteiger partial charge on any atom is 0.339 e. The quantitative estimate of drug-likeness (QED) is 0.832. The fourth-order valence-corrected chi connectivity index (χ4v) is 2.45. The van der Waals surface area contributed by atoms with Crippen molar-refractivity contribution in [3.8, 4) is 0 Å². The molecule has 5 heteroatoms.